The van der Waals surface area contributed by atoms with Gasteiger partial charge >= 0.3 is 0 Å². The molecule has 2 rings (SSSR count). The highest BCUT2D eigenvalue weighted by Gasteiger charge is 2.38. The summed E-state index contributed by atoms with van der Waals surface area (Å²) >= 11 is 0. The average Bonchev–Trinajstić information content (AvgIpc) is 2.49. The van der Waals surface area contributed by atoms with E-state index in [1.54, 1.807) is 0 Å². The van der Waals surface area contributed by atoms with Crippen LogP contribution in [0.1, 0.15) is 33.1 Å². The highest BCUT2D eigenvalue weighted by Crippen LogP contribution is 2.38. The summed E-state index contributed by atoms with van der Waals surface area (Å²) in [6, 6.07) is 0. The van der Waals surface area contributed by atoms with Crippen LogP contribution < -0.4 is 0 Å². The largest absolute Gasteiger partial charge is 0.379 e. The number of rotatable bonds is 1. The molecule has 2 atom stereocenters. The average molecular weight is 183 g/mol. The first-order chi connectivity index (χ1) is 6.21. The van der Waals surface area contributed by atoms with Crippen LogP contribution >= 0.6 is 0 Å². The second-order valence-corrected chi connectivity index (χ2v) is 4.94. The molecule has 0 spiro atoms. The van der Waals surface area contributed by atoms with Gasteiger partial charge in [0, 0.05) is 18.6 Å². The maximum atomic E-state index is 5.39. The van der Waals surface area contributed by atoms with E-state index in [4.69, 9.17) is 4.74 Å². The molecule has 2 fully saturated rings. The van der Waals surface area contributed by atoms with Gasteiger partial charge in [0.05, 0.1) is 13.2 Å². The van der Waals surface area contributed by atoms with E-state index < -0.39 is 0 Å². The van der Waals surface area contributed by atoms with E-state index in [-0.39, 0.29) is 0 Å². The molecule has 76 valence electrons. The van der Waals surface area contributed by atoms with Gasteiger partial charge in [-0.15, -0.1) is 0 Å². The number of hydrogen-bond acceptors (Lipinski definition) is 2. The Bertz CT molecular complexity index is 177. The zero-order valence-electron chi connectivity index (χ0n) is 8.88. The Balaban J connectivity index is 1.97. The van der Waals surface area contributed by atoms with Crippen LogP contribution in [0.4, 0.5) is 0 Å². The van der Waals surface area contributed by atoms with Gasteiger partial charge in [0.1, 0.15) is 0 Å². The van der Waals surface area contributed by atoms with E-state index in [1.807, 2.05) is 0 Å². The molecule has 2 nitrogen and oxygen atoms in total. The van der Waals surface area contributed by atoms with Gasteiger partial charge in [0.15, 0.2) is 0 Å². The molecule has 0 bridgehead atoms. The molecule has 2 unspecified atom stereocenters. The van der Waals surface area contributed by atoms with Crippen molar-refractivity contribution in [1.82, 2.24) is 4.90 Å². The third-order valence-electron chi connectivity index (χ3n) is 3.74. The lowest BCUT2D eigenvalue weighted by atomic mass is 9.96. The van der Waals surface area contributed by atoms with Crippen LogP contribution in [0.3, 0.4) is 0 Å². The summed E-state index contributed by atoms with van der Waals surface area (Å²) in [6.07, 6.45) is 4.18. The first-order valence-corrected chi connectivity index (χ1v) is 5.53. The lowest BCUT2D eigenvalue weighted by Crippen LogP contribution is -2.50. The summed E-state index contributed by atoms with van der Waals surface area (Å²) in [7, 11) is 0. The molecule has 0 amide bonds. The predicted octanol–water partition coefficient (Wildman–Crippen LogP) is 1.90. The zero-order valence-corrected chi connectivity index (χ0v) is 8.88. The SMILES string of the molecule is CC1CCC(C)(N2CCOCC2)C1. The Morgan fingerprint density at radius 1 is 1.31 bits per heavy atom. The molecule has 0 N–H and O–H groups in total. The van der Waals surface area contributed by atoms with E-state index in [1.165, 1.54) is 19.3 Å². The first-order valence-electron chi connectivity index (χ1n) is 5.53. The molecule has 0 aromatic carbocycles. The topological polar surface area (TPSA) is 12.5 Å². The van der Waals surface area contributed by atoms with E-state index in [9.17, 15) is 0 Å². The molecule has 2 aliphatic rings. The molecule has 1 aliphatic carbocycles. The molecule has 1 saturated carbocycles. The molecule has 0 radical (unpaired) electrons. The summed E-state index contributed by atoms with van der Waals surface area (Å²) in [5, 5.41) is 0. The summed E-state index contributed by atoms with van der Waals surface area (Å²) < 4.78 is 5.39. The fraction of sp³-hybridized carbons (Fsp3) is 1.00. The van der Waals surface area contributed by atoms with Gasteiger partial charge in [-0.3, -0.25) is 4.90 Å². The number of morpholine rings is 1. The minimum absolute atomic E-state index is 0.489. The Morgan fingerprint density at radius 3 is 2.54 bits per heavy atom. The lowest BCUT2D eigenvalue weighted by molar-refractivity contribution is -0.0151. The third-order valence-corrected chi connectivity index (χ3v) is 3.74. The Kier molecular flexibility index (Phi) is 2.61. The maximum Gasteiger partial charge on any atom is 0.0594 e. The van der Waals surface area contributed by atoms with Crippen molar-refractivity contribution < 1.29 is 4.74 Å². The fourth-order valence-electron chi connectivity index (χ4n) is 2.90. The van der Waals surface area contributed by atoms with Crippen LogP contribution in [0.5, 0.6) is 0 Å². The first kappa shape index (κ1) is 9.47. The smallest absolute Gasteiger partial charge is 0.0594 e. The minimum Gasteiger partial charge on any atom is -0.379 e. The van der Waals surface area contributed by atoms with Gasteiger partial charge < -0.3 is 4.74 Å². The van der Waals surface area contributed by atoms with Crippen molar-refractivity contribution in [3.8, 4) is 0 Å². The van der Waals surface area contributed by atoms with Crippen LogP contribution in [0, 0.1) is 5.92 Å². The van der Waals surface area contributed by atoms with Gasteiger partial charge in [-0.1, -0.05) is 6.92 Å². The molecular formula is C11H21NO. The summed E-state index contributed by atoms with van der Waals surface area (Å²) in [5.41, 5.74) is 0.489. The van der Waals surface area contributed by atoms with Crippen molar-refractivity contribution in [1.29, 1.82) is 0 Å². The highest BCUT2D eigenvalue weighted by molar-refractivity contribution is 4.93. The van der Waals surface area contributed by atoms with Crippen molar-refractivity contribution in [2.24, 2.45) is 5.92 Å². The highest BCUT2D eigenvalue weighted by atomic mass is 16.5. The number of hydrogen-bond donors (Lipinski definition) is 0. The van der Waals surface area contributed by atoms with Gasteiger partial charge in [0.25, 0.3) is 0 Å². The molecular weight excluding hydrogens is 162 g/mol. The van der Waals surface area contributed by atoms with Gasteiger partial charge in [-0.2, -0.15) is 0 Å². The molecule has 0 aromatic heterocycles. The normalized spacial score (nSPS) is 42.5. The molecule has 2 heteroatoms. The Hall–Kier alpha value is -0.0800. The minimum atomic E-state index is 0.489. The van der Waals surface area contributed by atoms with Gasteiger partial charge in [0.2, 0.25) is 0 Å². The summed E-state index contributed by atoms with van der Waals surface area (Å²) in [5.74, 6) is 0.924. The van der Waals surface area contributed by atoms with Crippen molar-refractivity contribution >= 4 is 0 Å². The van der Waals surface area contributed by atoms with E-state index >= 15 is 0 Å². The quantitative estimate of drug-likeness (QED) is 0.615. The van der Waals surface area contributed by atoms with Crippen LogP contribution in [0.25, 0.3) is 0 Å². The third kappa shape index (κ3) is 1.89. The second kappa shape index (κ2) is 3.58. The maximum absolute atomic E-state index is 5.39. The number of nitrogens with zero attached hydrogens (tertiary/aromatic N) is 1. The lowest BCUT2D eigenvalue weighted by Gasteiger charge is -2.41. The van der Waals surface area contributed by atoms with E-state index in [0.29, 0.717) is 5.54 Å². The van der Waals surface area contributed by atoms with E-state index in [2.05, 4.69) is 18.7 Å². The molecule has 1 aliphatic heterocycles. The summed E-state index contributed by atoms with van der Waals surface area (Å²) in [4.78, 5) is 2.64. The van der Waals surface area contributed by atoms with E-state index in [0.717, 1.165) is 32.2 Å². The van der Waals surface area contributed by atoms with Crippen LogP contribution in [0.2, 0.25) is 0 Å². The van der Waals surface area contributed by atoms with Crippen LogP contribution in [-0.4, -0.2) is 36.7 Å². The van der Waals surface area contributed by atoms with Crippen molar-refractivity contribution in [2.75, 3.05) is 26.3 Å². The van der Waals surface area contributed by atoms with Crippen LogP contribution in [0.15, 0.2) is 0 Å². The fourth-order valence-corrected chi connectivity index (χ4v) is 2.90. The molecule has 1 heterocycles. The van der Waals surface area contributed by atoms with Crippen molar-refractivity contribution in [3.05, 3.63) is 0 Å². The molecule has 0 aromatic rings. The monoisotopic (exact) mass is 183 g/mol. The van der Waals surface area contributed by atoms with Crippen molar-refractivity contribution in [2.45, 2.75) is 38.6 Å². The zero-order chi connectivity index (χ0) is 9.31. The molecule has 13 heavy (non-hydrogen) atoms. The molecule has 1 saturated heterocycles. The standard InChI is InChI=1S/C11H21NO/c1-10-3-4-11(2,9-10)12-5-7-13-8-6-12/h10H,3-9H2,1-2H3. The summed E-state index contributed by atoms with van der Waals surface area (Å²) in [6.45, 7) is 8.97. The van der Waals surface area contributed by atoms with Crippen molar-refractivity contribution in [3.63, 3.8) is 0 Å². The predicted molar refractivity (Wildman–Crippen MR) is 53.8 cm³/mol. The van der Waals surface area contributed by atoms with Gasteiger partial charge in [-0.25, -0.2) is 0 Å². The van der Waals surface area contributed by atoms with Crippen LogP contribution in [-0.2, 0) is 4.74 Å². The Morgan fingerprint density at radius 2 is 2.00 bits per heavy atom. The second-order valence-electron chi connectivity index (χ2n) is 4.94. The Labute approximate surface area is 81.3 Å². The van der Waals surface area contributed by atoms with Gasteiger partial charge in [-0.05, 0) is 32.1 Å². The number of ether oxygens (including phenoxy) is 1.